The van der Waals surface area contributed by atoms with E-state index in [-0.39, 0.29) is 5.97 Å². The van der Waals surface area contributed by atoms with Crippen LogP contribution in [-0.2, 0) is 9.53 Å². The van der Waals surface area contributed by atoms with Crippen LogP contribution in [0, 0.1) is 25.2 Å². The summed E-state index contributed by atoms with van der Waals surface area (Å²) >= 11 is 0. The third kappa shape index (κ3) is 3.61. The molecule has 0 saturated carbocycles. The lowest BCUT2D eigenvalue weighted by atomic mass is 10.0. The highest BCUT2D eigenvalue weighted by atomic mass is 16.5. The van der Waals surface area contributed by atoms with Gasteiger partial charge in [0.15, 0.2) is 6.04 Å². The fourth-order valence-corrected chi connectivity index (χ4v) is 3.34. The van der Waals surface area contributed by atoms with Crippen LogP contribution in [0.3, 0.4) is 0 Å². The number of carbonyl (C=O) groups is 1. The zero-order chi connectivity index (χ0) is 19.4. The average Bonchev–Trinajstić information content (AvgIpc) is 2.98. The molecule has 0 bridgehead atoms. The normalized spacial score (nSPS) is 11.6. The Morgan fingerprint density at radius 2 is 2.00 bits per heavy atom. The minimum Gasteiger partial charge on any atom is -0.464 e. The molecule has 0 saturated heterocycles. The number of ether oxygens (including phenoxy) is 1. The quantitative estimate of drug-likeness (QED) is 0.641. The maximum absolute atomic E-state index is 12.8. The molecule has 27 heavy (non-hydrogen) atoms. The number of nitrogens with zero attached hydrogens (tertiary/aromatic N) is 3. The zero-order valence-electron chi connectivity index (χ0n) is 15.6. The van der Waals surface area contributed by atoms with Crippen LogP contribution in [0.5, 0.6) is 0 Å². The van der Waals surface area contributed by atoms with Crippen molar-refractivity contribution in [1.29, 1.82) is 5.26 Å². The first-order valence-corrected chi connectivity index (χ1v) is 8.82. The van der Waals surface area contributed by atoms with E-state index in [0.29, 0.717) is 12.2 Å². The van der Waals surface area contributed by atoms with Crippen molar-refractivity contribution in [2.45, 2.75) is 26.8 Å². The summed E-state index contributed by atoms with van der Waals surface area (Å²) in [4.78, 5) is 16.9. The van der Waals surface area contributed by atoms with Gasteiger partial charge in [-0.25, -0.2) is 4.79 Å². The number of aryl methyl sites for hydroxylation is 1. The number of hydrogen-bond donors (Lipinski definition) is 0. The average molecular weight is 359 g/mol. The fraction of sp³-hybridized carbons (Fsp3) is 0.227. The summed E-state index contributed by atoms with van der Waals surface area (Å²) in [6.07, 6.45) is 3.38. The highest BCUT2D eigenvalue weighted by Gasteiger charge is 2.28. The Bertz CT molecular complexity index is 983. The van der Waals surface area contributed by atoms with Gasteiger partial charge in [-0.1, -0.05) is 18.2 Å². The number of esters is 1. The number of rotatable bonds is 5. The van der Waals surface area contributed by atoms with E-state index in [0.717, 1.165) is 28.1 Å². The molecule has 136 valence electrons. The molecule has 3 rings (SSSR count). The molecule has 0 amide bonds. The summed E-state index contributed by atoms with van der Waals surface area (Å²) in [5.41, 5.74) is 5.33. The van der Waals surface area contributed by atoms with Gasteiger partial charge in [0.1, 0.15) is 0 Å². The number of nitriles is 1. The number of benzene rings is 1. The van der Waals surface area contributed by atoms with E-state index in [1.165, 1.54) is 0 Å². The van der Waals surface area contributed by atoms with Crippen molar-refractivity contribution >= 4 is 5.97 Å². The SMILES string of the molecule is CCOC(=O)C(c1cccnc1)n1c(C)cc(-c2ccc(C#N)cc2)c1C. The Hall–Kier alpha value is -3.39. The van der Waals surface area contributed by atoms with E-state index in [9.17, 15) is 4.79 Å². The van der Waals surface area contributed by atoms with Gasteiger partial charge in [0.05, 0.1) is 18.2 Å². The first-order chi connectivity index (χ1) is 13.1. The van der Waals surface area contributed by atoms with Gasteiger partial charge >= 0.3 is 5.97 Å². The Kier molecular flexibility index (Phi) is 5.37. The molecule has 1 unspecified atom stereocenters. The second-order valence-electron chi connectivity index (χ2n) is 6.28. The molecule has 0 aliphatic rings. The van der Waals surface area contributed by atoms with E-state index in [2.05, 4.69) is 17.1 Å². The molecule has 5 nitrogen and oxygen atoms in total. The maximum atomic E-state index is 12.8. The van der Waals surface area contributed by atoms with E-state index in [1.54, 1.807) is 31.5 Å². The van der Waals surface area contributed by atoms with Crippen LogP contribution in [0.1, 0.15) is 35.5 Å². The smallest absolute Gasteiger partial charge is 0.333 e. The minimum atomic E-state index is -0.592. The predicted molar refractivity (Wildman–Crippen MR) is 103 cm³/mol. The zero-order valence-corrected chi connectivity index (χ0v) is 15.6. The summed E-state index contributed by atoms with van der Waals surface area (Å²) in [7, 11) is 0. The molecule has 0 aliphatic heterocycles. The molecule has 0 spiro atoms. The van der Waals surface area contributed by atoms with Gasteiger partial charge in [-0.15, -0.1) is 0 Å². The molecule has 3 aromatic rings. The lowest BCUT2D eigenvalue weighted by Crippen LogP contribution is -2.25. The highest BCUT2D eigenvalue weighted by Crippen LogP contribution is 2.32. The van der Waals surface area contributed by atoms with E-state index >= 15 is 0 Å². The third-order valence-corrected chi connectivity index (χ3v) is 4.58. The number of aromatic nitrogens is 2. The standard InChI is InChI=1S/C22H21N3O2/c1-4-27-22(26)21(19-6-5-11-24-14-19)25-15(2)12-20(16(25)3)18-9-7-17(13-23)8-10-18/h5-12,14,21H,4H2,1-3H3. The molecule has 0 radical (unpaired) electrons. The maximum Gasteiger partial charge on any atom is 0.333 e. The summed E-state index contributed by atoms with van der Waals surface area (Å²) in [6.45, 7) is 6.08. The molecule has 2 aromatic heterocycles. The first kappa shape index (κ1) is 18.4. The van der Waals surface area contributed by atoms with Crippen LogP contribution in [0.2, 0.25) is 0 Å². The van der Waals surface area contributed by atoms with Gasteiger partial charge in [-0.3, -0.25) is 4.98 Å². The minimum absolute atomic E-state index is 0.307. The fourth-order valence-electron chi connectivity index (χ4n) is 3.34. The van der Waals surface area contributed by atoms with Gasteiger partial charge in [0.25, 0.3) is 0 Å². The van der Waals surface area contributed by atoms with E-state index in [4.69, 9.17) is 10.00 Å². The summed E-state index contributed by atoms with van der Waals surface area (Å²) in [6, 6.07) is 14.7. The van der Waals surface area contributed by atoms with E-state index < -0.39 is 6.04 Å². The highest BCUT2D eigenvalue weighted by molar-refractivity contribution is 5.79. The lowest BCUT2D eigenvalue weighted by Gasteiger charge is -2.21. The molecule has 1 atom stereocenters. The van der Waals surface area contributed by atoms with Crippen LogP contribution < -0.4 is 0 Å². The van der Waals surface area contributed by atoms with Crippen molar-refractivity contribution in [2.75, 3.05) is 6.61 Å². The Labute approximate surface area is 158 Å². The Morgan fingerprint density at radius 3 is 2.59 bits per heavy atom. The van der Waals surface area contributed by atoms with Crippen LogP contribution in [0.25, 0.3) is 11.1 Å². The van der Waals surface area contributed by atoms with Gasteiger partial charge in [-0.05, 0) is 50.6 Å². The first-order valence-electron chi connectivity index (χ1n) is 8.82. The van der Waals surface area contributed by atoms with Gasteiger partial charge in [-0.2, -0.15) is 5.26 Å². The van der Waals surface area contributed by atoms with Crippen LogP contribution >= 0.6 is 0 Å². The van der Waals surface area contributed by atoms with Crippen LogP contribution in [0.4, 0.5) is 0 Å². The molecular weight excluding hydrogens is 338 g/mol. The number of carbonyl (C=O) groups excluding carboxylic acids is 1. The Morgan fingerprint density at radius 1 is 1.26 bits per heavy atom. The van der Waals surface area contributed by atoms with Crippen molar-refractivity contribution in [3.8, 4) is 17.2 Å². The predicted octanol–water partition coefficient (Wildman–Crippen LogP) is 4.19. The second kappa shape index (κ2) is 7.88. The van der Waals surface area contributed by atoms with Crippen molar-refractivity contribution in [1.82, 2.24) is 9.55 Å². The van der Waals surface area contributed by atoms with Crippen molar-refractivity contribution < 1.29 is 9.53 Å². The molecule has 2 heterocycles. The molecule has 0 aliphatic carbocycles. The largest absolute Gasteiger partial charge is 0.464 e. The number of pyridine rings is 1. The third-order valence-electron chi connectivity index (χ3n) is 4.58. The van der Waals surface area contributed by atoms with Crippen LogP contribution in [-0.4, -0.2) is 22.1 Å². The monoisotopic (exact) mass is 359 g/mol. The topological polar surface area (TPSA) is 67.9 Å². The Balaban J connectivity index is 2.12. The number of hydrogen-bond acceptors (Lipinski definition) is 4. The van der Waals surface area contributed by atoms with Gasteiger partial charge in [0.2, 0.25) is 0 Å². The van der Waals surface area contributed by atoms with Crippen LogP contribution in [0.15, 0.2) is 54.9 Å². The van der Waals surface area contributed by atoms with Crippen molar-refractivity contribution in [3.63, 3.8) is 0 Å². The van der Waals surface area contributed by atoms with Gasteiger partial charge in [0, 0.05) is 34.9 Å². The summed E-state index contributed by atoms with van der Waals surface area (Å²) < 4.78 is 7.33. The van der Waals surface area contributed by atoms with Crippen molar-refractivity contribution in [2.24, 2.45) is 0 Å². The summed E-state index contributed by atoms with van der Waals surface area (Å²) in [5.74, 6) is -0.307. The lowest BCUT2D eigenvalue weighted by molar-refractivity contribution is -0.145. The summed E-state index contributed by atoms with van der Waals surface area (Å²) in [5, 5.41) is 9.00. The molecule has 5 heteroatoms. The van der Waals surface area contributed by atoms with E-state index in [1.807, 2.05) is 42.7 Å². The van der Waals surface area contributed by atoms with Gasteiger partial charge < -0.3 is 9.30 Å². The molecular formula is C22H21N3O2. The molecule has 0 fully saturated rings. The molecule has 0 N–H and O–H groups in total. The molecule has 1 aromatic carbocycles. The van der Waals surface area contributed by atoms with Crippen molar-refractivity contribution in [3.05, 3.63) is 77.4 Å². The second-order valence-corrected chi connectivity index (χ2v) is 6.28.